The minimum absolute atomic E-state index is 0.268. The van der Waals surface area contributed by atoms with E-state index in [1.165, 1.54) is 0 Å². The fraction of sp³-hybridized carbons (Fsp3) is 0.250. The van der Waals surface area contributed by atoms with Gasteiger partial charge in [-0.25, -0.2) is 0 Å². The Morgan fingerprint density at radius 1 is 1.45 bits per heavy atom. The van der Waals surface area contributed by atoms with Crippen LogP contribution >= 0.6 is 11.6 Å². The maximum Gasteiger partial charge on any atom is 0.117 e. The van der Waals surface area contributed by atoms with Crippen molar-refractivity contribution in [3.63, 3.8) is 0 Å². The third-order valence-corrected chi connectivity index (χ3v) is 1.46. The lowest BCUT2D eigenvalue weighted by Gasteiger charge is -2.02. The van der Waals surface area contributed by atoms with Crippen molar-refractivity contribution in [2.24, 2.45) is 0 Å². The van der Waals surface area contributed by atoms with Crippen molar-refractivity contribution in [2.75, 3.05) is 17.7 Å². The van der Waals surface area contributed by atoms with Crippen LogP contribution in [0.4, 0.5) is 5.69 Å². The molecule has 0 fully saturated rings. The zero-order chi connectivity index (χ0) is 8.10. The summed E-state index contributed by atoms with van der Waals surface area (Å²) in [6.45, 7) is 0.713. The summed E-state index contributed by atoms with van der Waals surface area (Å²) in [5.74, 6) is 0.833. The van der Waals surface area contributed by atoms with E-state index < -0.39 is 0 Å². The fourth-order valence-electron chi connectivity index (χ4n) is 0.807. The average molecular weight is 172 g/mol. The first kappa shape index (κ1) is 8.21. The van der Waals surface area contributed by atoms with E-state index in [0.717, 1.165) is 5.69 Å². The number of phenolic OH excluding ortho intramolecular Hbond substituents is 1. The predicted molar refractivity (Wildman–Crippen MR) is 47.3 cm³/mol. The minimum Gasteiger partial charge on any atom is -0.508 e. The van der Waals surface area contributed by atoms with Crippen LogP contribution in [0.3, 0.4) is 0 Å². The smallest absolute Gasteiger partial charge is 0.117 e. The monoisotopic (exact) mass is 171 g/mol. The Kier molecular flexibility index (Phi) is 3.05. The van der Waals surface area contributed by atoms with Gasteiger partial charge < -0.3 is 10.4 Å². The molecule has 0 atom stereocenters. The molecule has 0 amide bonds. The molecular formula is C8H10ClNO. The highest BCUT2D eigenvalue weighted by Gasteiger charge is 1.90. The number of aromatic hydroxyl groups is 1. The van der Waals surface area contributed by atoms with E-state index in [2.05, 4.69) is 5.32 Å². The Hall–Kier alpha value is -0.890. The summed E-state index contributed by atoms with van der Waals surface area (Å²) >= 11 is 5.47. The summed E-state index contributed by atoms with van der Waals surface area (Å²) in [7, 11) is 0. The molecule has 11 heavy (non-hydrogen) atoms. The Morgan fingerprint density at radius 2 is 2.27 bits per heavy atom. The summed E-state index contributed by atoms with van der Waals surface area (Å²) in [5, 5.41) is 12.1. The topological polar surface area (TPSA) is 32.3 Å². The number of alkyl halides is 1. The van der Waals surface area contributed by atoms with Crippen molar-refractivity contribution in [1.29, 1.82) is 0 Å². The standard InChI is InChI=1S/C8H10ClNO/c9-4-5-10-7-2-1-3-8(11)6-7/h1-3,6,10-11H,4-5H2. The van der Waals surface area contributed by atoms with Gasteiger partial charge in [-0.3, -0.25) is 0 Å². The molecule has 0 bridgehead atoms. The third-order valence-electron chi connectivity index (χ3n) is 1.27. The normalized spacial score (nSPS) is 9.55. The predicted octanol–water partition coefficient (Wildman–Crippen LogP) is 2.04. The molecule has 0 saturated carbocycles. The van der Waals surface area contributed by atoms with E-state index in [0.29, 0.717) is 12.4 Å². The van der Waals surface area contributed by atoms with E-state index in [-0.39, 0.29) is 5.75 Å². The van der Waals surface area contributed by atoms with E-state index in [1.807, 2.05) is 6.07 Å². The number of benzene rings is 1. The van der Waals surface area contributed by atoms with Gasteiger partial charge in [0.25, 0.3) is 0 Å². The van der Waals surface area contributed by atoms with E-state index in [9.17, 15) is 0 Å². The molecule has 1 rings (SSSR count). The molecule has 0 spiro atoms. The molecule has 1 aromatic rings. The molecule has 3 heteroatoms. The van der Waals surface area contributed by atoms with Gasteiger partial charge in [-0.1, -0.05) is 6.07 Å². The molecule has 0 heterocycles. The van der Waals surface area contributed by atoms with Gasteiger partial charge in [0.05, 0.1) is 0 Å². The van der Waals surface area contributed by atoms with E-state index in [1.54, 1.807) is 18.2 Å². The Balaban J connectivity index is 2.56. The molecule has 2 nitrogen and oxygen atoms in total. The summed E-state index contributed by atoms with van der Waals surface area (Å²) < 4.78 is 0. The van der Waals surface area contributed by atoms with Gasteiger partial charge in [0.2, 0.25) is 0 Å². The summed E-state index contributed by atoms with van der Waals surface area (Å²) in [5.41, 5.74) is 0.894. The largest absolute Gasteiger partial charge is 0.508 e. The number of anilines is 1. The quantitative estimate of drug-likeness (QED) is 0.683. The fourth-order valence-corrected chi connectivity index (χ4v) is 0.902. The molecule has 2 N–H and O–H groups in total. The molecule has 0 aromatic heterocycles. The van der Waals surface area contributed by atoms with Crippen molar-refractivity contribution in [2.45, 2.75) is 0 Å². The van der Waals surface area contributed by atoms with Crippen LogP contribution in [0.15, 0.2) is 24.3 Å². The highest BCUT2D eigenvalue weighted by molar-refractivity contribution is 6.18. The Bertz CT molecular complexity index is 227. The summed E-state index contributed by atoms with van der Waals surface area (Å²) in [6.07, 6.45) is 0. The van der Waals surface area contributed by atoms with Crippen LogP contribution in [0.2, 0.25) is 0 Å². The lowest BCUT2D eigenvalue weighted by molar-refractivity contribution is 0.475. The first-order valence-corrected chi connectivity index (χ1v) is 3.95. The molecular weight excluding hydrogens is 162 g/mol. The number of hydrogen-bond acceptors (Lipinski definition) is 2. The highest BCUT2D eigenvalue weighted by atomic mass is 35.5. The van der Waals surface area contributed by atoms with Crippen LogP contribution in [0.5, 0.6) is 5.75 Å². The Labute approximate surface area is 70.8 Å². The van der Waals surface area contributed by atoms with Crippen molar-refractivity contribution < 1.29 is 5.11 Å². The van der Waals surface area contributed by atoms with Crippen LogP contribution in [-0.4, -0.2) is 17.5 Å². The molecule has 1 aromatic carbocycles. The second-order valence-electron chi connectivity index (χ2n) is 2.17. The molecule has 0 saturated heterocycles. The van der Waals surface area contributed by atoms with Crippen molar-refractivity contribution in [3.8, 4) is 5.75 Å². The minimum atomic E-state index is 0.268. The SMILES string of the molecule is Oc1cccc(NCCCl)c1. The molecule has 0 aliphatic rings. The van der Waals surface area contributed by atoms with Gasteiger partial charge in [-0.15, -0.1) is 11.6 Å². The summed E-state index contributed by atoms with van der Waals surface area (Å²) in [4.78, 5) is 0. The highest BCUT2D eigenvalue weighted by Crippen LogP contribution is 2.14. The number of phenols is 1. The van der Waals surface area contributed by atoms with E-state index in [4.69, 9.17) is 16.7 Å². The van der Waals surface area contributed by atoms with Crippen LogP contribution in [0, 0.1) is 0 Å². The van der Waals surface area contributed by atoms with Crippen LogP contribution in [-0.2, 0) is 0 Å². The summed E-state index contributed by atoms with van der Waals surface area (Å²) in [6, 6.07) is 6.95. The molecule has 60 valence electrons. The van der Waals surface area contributed by atoms with Gasteiger partial charge >= 0.3 is 0 Å². The maximum absolute atomic E-state index is 9.04. The van der Waals surface area contributed by atoms with Crippen LogP contribution < -0.4 is 5.32 Å². The lowest BCUT2D eigenvalue weighted by atomic mass is 10.3. The van der Waals surface area contributed by atoms with Crippen molar-refractivity contribution in [3.05, 3.63) is 24.3 Å². The second-order valence-corrected chi connectivity index (χ2v) is 2.54. The molecule has 0 unspecified atom stereocenters. The molecule has 0 radical (unpaired) electrons. The number of rotatable bonds is 3. The zero-order valence-corrected chi connectivity index (χ0v) is 6.80. The van der Waals surface area contributed by atoms with Crippen LogP contribution in [0.1, 0.15) is 0 Å². The van der Waals surface area contributed by atoms with Gasteiger partial charge in [0.1, 0.15) is 5.75 Å². The number of hydrogen-bond donors (Lipinski definition) is 2. The van der Waals surface area contributed by atoms with Gasteiger partial charge in [0.15, 0.2) is 0 Å². The maximum atomic E-state index is 9.04. The van der Waals surface area contributed by atoms with Gasteiger partial charge in [0, 0.05) is 24.2 Å². The molecule has 0 aliphatic heterocycles. The average Bonchev–Trinajstić information content (AvgIpc) is 2.01. The molecule has 0 aliphatic carbocycles. The van der Waals surface area contributed by atoms with Crippen molar-refractivity contribution >= 4 is 17.3 Å². The zero-order valence-electron chi connectivity index (χ0n) is 6.05. The second kappa shape index (κ2) is 4.09. The lowest BCUT2D eigenvalue weighted by Crippen LogP contribution is -2.01. The van der Waals surface area contributed by atoms with Gasteiger partial charge in [-0.2, -0.15) is 0 Å². The van der Waals surface area contributed by atoms with Crippen LogP contribution in [0.25, 0.3) is 0 Å². The third kappa shape index (κ3) is 2.68. The van der Waals surface area contributed by atoms with E-state index >= 15 is 0 Å². The number of halogens is 1. The van der Waals surface area contributed by atoms with Gasteiger partial charge in [-0.05, 0) is 12.1 Å². The Morgan fingerprint density at radius 3 is 2.91 bits per heavy atom. The number of nitrogens with one attached hydrogen (secondary N) is 1. The van der Waals surface area contributed by atoms with Crippen molar-refractivity contribution in [1.82, 2.24) is 0 Å². The first-order chi connectivity index (χ1) is 5.33. The first-order valence-electron chi connectivity index (χ1n) is 3.42.